The summed E-state index contributed by atoms with van der Waals surface area (Å²) in [5.41, 5.74) is 4.00. The molecular weight excluding hydrogens is 411 g/mol. The fourth-order valence-electron chi connectivity index (χ4n) is 1.73. The van der Waals surface area contributed by atoms with Crippen molar-refractivity contribution in [1.82, 2.24) is 5.43 Å². The third-order valence-corrected chi connectivity index (χ3v) is 4.50. The van der Waals surface area contributed by atoms with Gasteiger partial charge in [0, 0.05) is 10.5 Å². The number of amides is 1. The molecule has 0 spiro atoms. The Bertz CT molecular complexity index is 687. The Balaban J connectivity index is 1.99. The molecule has 22 heavy (non-hydrogen) atoms. The van der Waals surface area contributed by atoms with Crippen LogP contribution in [0.5, 0.6) is 5.75 Å². The quantitative estimate of drug-likeness (QED) is 0.343. The summed E-state index contributed by atoms with van der Waals surface area (Å²) in [5, 5.41) is 3.98. The molecular formula is C16H15IN2O2S. The van der Waals surface area contributed by atoms with E-state index in [9.17, 15) is 4.79 Å². The van der Waals surface area contributed by atoms with Gasteiger partial charge in [-0.15, -0.1) is 11.8 Å². The highest BCUT2D eigenvalue weighted by Crippen LogP contribution is 2.21. The van der Waals surface area contributed by atoms with Crippen molar-refractivity contribution in [3.05, 3.63) is 57.2 Å². The second-order valence-corrected chi connectivity index (χ2v) is 6.36. The summed E-state index contributed by atoms with van der Waals surface area (Å²) in [5.74, 6) is 0.493. The molecule has 0 saturated carbocycles. The van der Waals surface area contributed by atoms with Crippen molar-refractivity contribution in [3.8, 4) is 5.75 Å². The van der Waals surface area contributed by atoms with Gasteiger partial charge in [0.05, 0.1) is 16.9 Å². The number of nitrogens with one attached hydrogen (secondary N) is 1. The van der Waals surface area contributed by atoms with Crippen molar-refractivity contribution >= 4 is 46.5 Å². The molecule has 0 radical (unpaired) electrons. The molecule has 0 atom stereocenters. The second kappa shape index (κ2) is 8.19. The molecule has 4 nitrogen and oxygen atoms in total. The number of rotatable bonds is 5. The number of nitrogens with zero attached hydrogens (tertiary/aromatic N) is 1. The lowest BCUT2D eigenvalue weighted by Crippen LogP contribution is -2.17. The number of methoxy groups -OCH3 is 1. The van der Waals surface area contributed by atoms with E-state index in [1.807, 2.05) is 30.5 Å². The normalized spacial score (nSPS) is 10.7. The molecule has 0 unspecified atom stereocenters. The number of hydrogen-bond donors (Lipinski definition) is 1. The van der Waals surface area contributed by atoms with Gasteiger partial charge in [0.1, 0.15) is 5.75 Å². The van der Waals surface area contributed by atoms with Gasteiger partial charge in [-0.1, -0.05) is 12.1 Å². The smallest absolute Gasteiger partial charge is 0.271 e. The van der Waals surface area contributed by atoms with Gasteiger partial charge in [0.15, 0.2) is 0 Å². The van der Waals surface area contributed by atoms with Crippen LogP contribution < -0.4 is 10.2 Å². The van der Waals surface area contributed by atoms with E-state index in [2.05, 4.69) is 33.1 Å². The number of hydrogen-bond acceptors (Lipinski definition) is 4. The molecule has 2 rings (SSSR count). The van der Waals surface area contributed by atoms with Crippen LogP contribution in [0.4, 0.5) is 0 Å². The maximum absolute atomic E-state index is 12.0. The summed E-state index contributed by atoms with van der Waals surface area (Å²) in [7, 11) is 1.60. The molecule has 1 amide bonds. The maximum Gasteiger partial charge on any atom is 0.271 e. The molecule has 6 heteroatoms. The lowest BCUT2D eigenvalue weighted by Gasteiger charge is -2.05. The Kier molecular flexibility index (Phi) is 6.26. The Morgan fingerprint density at radius 1 is 1.27 bits per heavy atom. The molecule has 0 fully saturated rings. The summed E-state index contributed by atoms with van der Waals surface area (Å²) in [6.45, 7) is 0. The van der Waals surface area contributed by atoms with E-state index in [4.69, 9.17) is 4.74 Å². The highest BCUT2D eigenvalue weighted by atomic mass is 127. The lowest BCUT2D eigenvalue weighted by molar-refractivity contribution is 0.0955. The van der Waals surface area contributed by atoms with Gasteiger partial charge in [-0.05, 0) is 64.7 Å². The third kappa shape index (κ3) is 4.48. The first kappa shape index (κ1) is 16.8. The topological polar surface area (TPSA) is 50.7 Å². The number of ether oxygens (including phenoxy) is 1. The van der Waals surface area contributed by atoms with Gasteiger partial charge in [-0.2, -0.15) is 5.10 Å². The molecule has 0 aromatic heterocycles. The molecule has 0 saturated heterocycles. The van der Waals surface area contributed by atoms with Crippen LogP contribution in [0.25, 0.3) is 0 Å². The van der Waals surface area contributed by atoms with E-state index in [0.717, 1.165) is 14.9 Å². The average molecular weight is 426 g/mol. The predicted octanol–water partition coefficient (Wildman–Crippen LogP) is 3.79. The average Bonchev–Trinajstić information content (AvgIpc) is 2.55. The minimum Gasteiger partial charge on any atom is -0.496 e. The third-order valence-electron chi connectivity index (χ3n) is 2.91. The summed E-state index contributed by atoms with van der Waals surface area (Å²) in [6.07, 6.45) is 3.65. The van der Waals surface area contributed by atoms with Crippen LogP contribution in [-0.4, -0.2) is 25.5 Å². The number of hydrazone groups is 1. The number of halogens is 1. The Hall–Kier alpha value is -1.54. The lowest BCUT2D eigenvalue weighted by atomic mass is 10.2. The molecule has 0 aliphatic heterocycles. The fourth-order valence-corrected chi connectivity index (χ4v) is 2.87. The predicted molar refractivity (Wildman–Crippen MR) is 99.0 cm³/mol. The summed E-state index contributed by atoms with van der Waals surface area (Å²) in [4.78, 5) is 13.2. The molecule has 114 valence electrons. The second-order valence-electron chi connectivity index (χ2n) is 4.32. The fraction of sp³-hybridized carbons (Fsp3) is 0.125. The minimum absolute atomic E-state index is 0.252. The van der Waals surface area contributed by atoms with Gasteiger partial charge in [-0.25, -0.2) is 5.43 Å². The standard InChI is InChI=1S/C16H15IN2O2S/c1-21-15-8-5-12(9-14(15)17)16(20)19-18-10-11-3-6-13(22-2)7-4-11/h3-10H,1-2H3,(H,19,20). The van der Waals surface area contributed by atoms with Gasteiger partial charge in [0.2, 0.25) is 0 Å². The first-order valence-electron chi connectivity index (χ1n) is 6.45. The SMILES string of the molecule is COc1ccc(C(=O)NN=Cc2ccc(SC)cc2)cc1I. The van der Waals surface area contributed by atoms with Crippen LogP contribution in [0.1, 0.15) is 15.9 Å². The molecule has 2 aromatic carbocycles. The number of benzene rings is 2. The first-order chi connectivity index (χ1) is 10.6. The first-order valence-corrected chi connectivity index (χ1v) is 8.75. The van der Waals surface area contributed by atoms with E-state index >= 15 is 0 Å². The van der Waals surface area contributed by atoms with Crippen molar-refractivity contribution in [3.63, 3.8) is 0 Å². The molecule has 0 aliphatic carbocycles. The number of carbonyl (C=O) groups is 1. The molecule has 2 aromatic rings. The highest BCUT2D eigenvalue weighted by Gasteiger charge is 2.07. The largest absolute Gasteiger partial charge is 0.496 e. The minimum atomic E-state index is -0.252. The van der Waals surface area contributed by atoms with Crippen LogP contribution in [-0.2, 0) is 0 Å². The molecule has 0 bridgehead atoms. The van der Waals surface area contributed by atoms with E-state index in [1.165, 1.54) is 4.90 Å². The van der Waals surface area contributed by atoms with E-state index < -0.39 is 0 Å². The molecule has 0 heterocycles. The maximum atomic E-state index is 12.0. The Morgan fingerprint density at radius 3 is 2.59 bits per heavy atom. The number of thioether (sulfide) groups is 1. The number of carbonyl (C=O) groups excluding carboxylic acids is 1. The summed E-state index contributed by atoms with van der Waals surface area (Å²) in [6, 6.07) is 13.2. The van der Waals surface area contributed by atoms with Gasteiger partial charge >= 0.3 is 0 Å². The van der Waals surface area contributed by atoms with Crippen LogP contribution in [0.3, 0.4) is 0 Å². The van der Waals surface area contributed by atoms with Crippen LogP contribution in [0, 0.1) is 3.57 Å². The van der Waals surface area contributed by atoms with E-state index in [0.29, 0.717) is 5.56 Å². The summed E-state index contributed by atoms with van der Waals surface area (Å²) < 4.78 is 6.05. The van der Waals surface area contributed by atoms with Crippen molar-refractivity contribution in [1.29, 1.82) is 0 Å². The Morgan fingerprint density at radius 2 is 2.00 bits per heavy atom. The zero-order valence-electron chi connectivity index (χ0n) is 12.2. The van der Waals surface area contributed by atoms with Crippen LogP contribution in [0.15, 0.2) is 52.5 Å². The highest BCUT2D eigenvalue weighted by molar-refractivity contribution is 14.1. The van der Waals surface area contributed by atoms with Crippen LogP contribution >= 0.6 is 34.4 Å². The van der Waals surface area contributed by atoms with Gasteiger partial charge in [-0.3, -0.25) is 4.79 Å². The van der Waals surface area contributed by atoms with Crippen molar-refractivity contribution in [2.75, 3.05) is 13.4 Å². The van der Waals surface area contributed by atoms with Gasteiger partial charge in [0.25, 0.3) is 5.91 Å². The van der Waals surface area contributed by atoms with Crippen LogP contribution in [0.2, 0.25) is 0 Å². The summed E-state index contributed by atoms with van der Waals surface area (Å²) >= 11 is 3.81. The Labute approximate surface area is 147 Å². The zero-order chi connectivity index (χ0) is 15.9. The zero-order valence-corrected chi connectivity index (χ0v) is 15.1. The van der Waals surface area contributed by atoms with E-state index in [-0.39, 0.29) is 5.91 Å². The van der Waals surface area contributed by atoms with Crippen molar-refractivity contribution < 1.29 is 9.53 Å². The molecule has 0 aliphatic rings. The monoisotopic (exact) mass is 426 g/mol. The van der Waals surface area contributed by atoms with E-state index in [1.54, 1.807) is 43.3 Å². The molecule has 1 N–H and O–H groups in total. The van der Waals surface area contributed by atoms with Gasteiger partial charge < -0.3 is 4.74 Å². The van der Waals surface area contributed by atoms with Crippen molar-refractivity contribution in [2.24, 2.45) is 5.10 Å². The van der Waals surface area contributed by atoms with Crippen molar-refractivity contribution in [2.45, 2.75) is 4.90 Å².